The Kier molecular flexibility index (Phi) is 4.82. The van der Waals surface area contributed by atoms with Gasteiger partial charge in [0.25, 0.3) is 5.56 Å². The summed E-state index contributed by atoms with van der Waals surface area (Å²) in [7, 11) is -3.56. The molecule has 2 aromatic heterocycles. The molecule has 0 spiro atoms. The minimum atomic E-state index is -3.56. The summed E-state index contributed by atoms with van der Waals surface area (Å²) in [5, 5.41) is 4.47. The molecule has 0 unspecified atom stereocenters. The smallest absolute Gasteiger partial charge is 0.256 e. The van der Waals surface area contributed by atoms with E-state index in [4.69, 9.17) is 16.1 Å². The van der Waals surface area contributed by atoms with Crippen molar-refractivity contribution in [3.63, 3.8) is 0 Å². The van der Waals surface area contributed by atoms with Gasteiger partial charge in [-0.3, -0.25) is 14.7 Å². The van der Waals surface area contributed by atoms with E-state index >= 15 is 0 Å². The van der Waals surface area contributed by atoms with Crippen molar-refractivity contribution < 1.29 is 12.9 Å². The highest BCUT2D eigenvalue weighted by atomic mass is 35.5. The lowest BCUT2D eigenvalue weighted by molar-refractivity contribution is 0.233. The number of sulfone groups is 1. The van der Waals surface area contributed by atoms with E-state index < -0.39 is 15.4 Å². The van der Waals surface area contributed by atoms with E-state index in [1.807, 2.05) is 23.1 Å². The van der Waals surface area contributed by atoms with Crippen molar-refractivity contribution in [2.24, 2.45) is 0 Å². The number of hydrogen-bond acceptors (Lipinski definition) is 7. The Bertz CT molecular complexity index is 1190. The van der Waals surface area contributed by atoms with Gasteiger partial charge < -0.3 is 4.52 Å². The van der Waals surface area contributed by atoms with Crippen molar-refractivity contribution in [2.45, 2.75) is 24.7 Å². The fraction of sp³-hybridized carbons (Fsp3) is 0.278. The third-order valence-electron chi connectivity index (χ3n) is 4.55. The Balaban J connectivity index is 1.51. The first kappa shape index (κ1) is 18.9. The summed E-state index contributed by atoms with van der Waals surface area (Å²) in [6, 6.07) is 9.13. The molecule has 0 atom stereocenters. The Morgan fingerprint density at radius 1 is 1.29 bits per heavy atom. The Labute approximate surface area is 166 Å². The molecular weight excluding hydrogens is 404 g/mol. The van der Waals surface area contributed by atoms with Crippen LogP contribution in [0.2, 0.25) is 5.02 Å². The topological polar surface area (TPSA) is 109 Å². The van der Waals surface area contributed by atoms with Gasteiger partial charge in [-0.2, -0.15) is 0 Å². The van der Waals surface area contributed by atoms with Crippen LogP contribution in [0.25, 0.3) is 11.3 Å². The van der Waals surface area contributed by atoms with E-state index in [1.165, 1.54) is 0 Å². The summed E-state index contributed by atoms with van der Waals surface area (Å²) in [5.41, 5.74) is 2.21. The minimum Gasteiger partial charge on any atom is -0.356 e. The lowest BCUT2D eigenvalue weighted by atomic mass is 10.1. The molecule has 146 valence electrons. The fourth-order valence-electron chi connectivity index (χ4n) is 3.13. The van der Waals surface area contributed by atoms with Gasteiger partial charge in [-0.1, -0.05) is 16.8 Å². The molecule has 8 nitrogen and oxygen atoms in total. The molecule has 0 bridgehead atoms. The zero-order valence-corrected chi connectivity index (χ0v) is 16.5. The molecule has 0 saturated carbocycles. The maximum Gasteiger partial charge on any atom is 0.256 e. The standard InChI is InChI=1S/C18H17ClN4O4S/c1-28(25,26)18-20-15-6-7-23(10-14(15)17(24)21-18)9-13-8-16(27-22-13)11-2-4-12(19)5-3-11/h2-5,8H,6-7,9-10H2,1H3,(H,20,21,24). The molecule has 0 amide bonds. The molecule has 28 heavy (non-hydrogen) atoms. The van der Waals surface area contributed by atoms with Gasteiger partial charge in [-0.05, 0) is 24.3 Å². The van der Waals surface area contributed by atoms with Crippen LogP contribution >= 0.6 is 11.6 Å². The van der Waals surface area contributed by atoms with Gasteiger partial charge in [0, 0.05) is 49.0 Å². The van der Waals surface area contributed by atoms with Gasteiger partial charge in [0.1, 0.15) is 0 Å². The van der Waals surface area contributed by atoms with Crippen molar-refractivity contribution in [2.75, 3.05) is 12.8 Å². The summed E-state index contributed by atoms with van der Waals surface area (Å²) in [6.07, 6.45) is 1.51. The second-order valence-corrected chi connectivity index (χ2v) is 9.09. The first-order chi connectivity index (χ1) is 13.3. The maximum absolute atomic E-state index is 12.3. The van der Waals surface area contributed by atoms with E-state index in [2.05, 4.69) is 15.1 Å². The largest absolute Gasteiger partial charge is 0.356 e. The van der Waals surface area contributed by atoms with Gasteiger partial charge >= 0.3 is 0 Å². The first-order valence-electron chi connectivity index (χ1n) is 8.55. The normalized spacial score (nSPS) is 14.8. The number of halogens is 1. The van der Waals surface area contributed by atoms with Gasteiger partial charge in [0.2, 0.25) is 15.0 Å². The molecule has 3 heterocycles. The van der Waals surface area contributed by atoms with Crippen LogP contribution in [-0.2, 0) is 29.3 Å². The summed E-state index contributed by atoms with van der Waals surface area (Å²) in [4.78, 5) is 20.8. The second kappa shape index (κ2) is 7.16. The predicted octanol–water partition coefficient (Wildman–Crippen LogP) is 2.04. The van der Waals surface area contributed by atoms with Gasteiger partial charge in [0.05, 0.1) is 17.0 Å². The number of H-pyrrole nitrogens is 1. The number of aromatic nitrogens is 3. The number of nitrogens with zero attached hydrogens (tertiary/aromatic N) is 3. The van der Waals surface area contributed by atoms with Crippen molar-refractivity contribution >= 4 is 21.4 Å². The van der Waals surface area contributed by atoms with Crippen molar-refractivity contribution in [3.05, 3.63) is 62.7 Å². The summed E-state index contributed by atoms with van der Waals surface area (Å²) < 4.78 is 28.7. The summed E-state index contributed by atoms with van der Waals surface area (Å²) in [6.45, 7) is 1.50. The van der Waals surface area contributed by atoms with Crippen LogP contribution in [0.3, 0.4) is 0 Å². The third kappa shape index (κ3) is 3.87. The van der Waals surface area contributed by atoms with Crippen molar-refractivity contribution in [3.8, 4) is 11.3 Å². The van der Waals surface area contributed by atoms with E-state index in [1.54, 1.807) is 12.1 Å². The van der Waals surface area contributed by atoms with Gasteiger partial charge in [-0.15, -0.1) is 0 Å². The van der Waals surface area contributed by atoms with Crippen molar-refractivity contribution in [1.29, 1.82) is 0 Å². The molecule has 0 fully saturated rings. The summed E-state index contributed by atoms with van der Waals surface area (Å²) >= 11 is 5.90. The SMILES string of the molecule is CS(=O)(=O)c1nc2c(c(=O)[nH]1)CN(Cc1cc(-c3ccc(Cl)cc3)on1)CC2. The predicted molar refractivity (Wildman–Crippen MR) is 103 cm³/mol. The van der Waals surface area contributed by atoms with Gasteiger partial charge in [-0.25, -0.2) is 13.4 Å². The van der Waals surface area contributed by atoms with E-state index in [0.717, 1.165) is 17.5 Å². The molecule has 1 aliphatic rings. The molecule has 3 aromatic rings. The molecule has 1 aromatic carbocycles. The number of rotatable bonds is 4. The molecule has 1 aliphatic heterocycles. The average Bonchev–Trinajstić information content (AvgIpc) is 3.10. The van der Waals surface area contributed by atoms with Crippen LogP contribution in [0.15, 0.2) is 44.8 Å². The zero-order chi connectivity index (χ0) is 19.9. The first-order valence-corrected chi connectivity index (χ1v) is 10.8. The molecule has 1 N–H and O–H groups in total. The molecule has 10 heteroatoms. The number of nitrogens with one attached hydrogen (secondary N) is 1. The van der Waals surface area contributed by atoms with Crippen LogP contribution in [-0.4, -0.2) is 41.2 Å². The van der Waals surface area contributed by atoms with Crippen LogP contribution in [0.5, 0.6) is 0 Å². The minimum absolute atomic E-state index is 0.284. The number of benzene rings is 1. The number of hydrogen-bond donors (Lipinski definition) is 1. The Morgan fingerprint density at radius 2 is 2.04 bits per heavy atom. The van der Waals surface area contributed by atoms with Crippen LogP contribution in [0, 0.1) is 0 Å². The molecule has 0 saturated heterocycles. The number of aromatic amines is 1. The van der Waals surface area contributed by atoms with Crippen LogP contribution < -0.4 is 5.56 Å². The summed E-state index contributed by atoms with van der Waals surface area (Å²) in [5.74, 6) is 0.640. The Morgan fingerprint density at radius 3 is 2.75 bits per heavy atom. The fourth-order valence-corrected chi connectivity index (χ4v) is 3.81. The zero-order valence-electron chi connectivity index (χ0n) is 15.0. The van der Waals surface area contributed by atoms with E-state index in [0.29, 0.717) is 48.1 Å². The van der Waals surface area contributed by atoms with Crippen LogP contribution in [0.1, 0.15) is 17.0 Å². The highest BCUT2D eigenvalue weighted by molar-refractivity contribution is 7.90. The average molecular weight is 421 g/mol. The number of fused-ring (bicyclic) bond motifs is 1. The quantitative estimate of drug-likeness (QED) is 0.643. The highest BCUT2D eigenvalue weighted by Gasteiger charge is 2.24. The second-order valence-electron chi connectivity index (χ2n) is 6.72. The molecule has 4 rings (SSSR count). The van der Waals surface area contributed by atoms with E-state index in [9.17, 15) is 13.2 Å². The Hall–Kier alpha value is -2.49. The lowest BCUT2D eigenvalue weighted by Gasteiger charge is -2.26. The van der Waals surface area contributed by atoms with E-state index in [-0.39, 0.29) is 5.16 Å². The van der Waals surface area contributed by atoms with Crippen molar-refractivity contribution in [1.82, 2.24) is 20.0 Å². The molecule has 0 aliphatic carbocycles. The third-order valence-corrected chi connectivity index (χ3v) is 5.70. The van der Waals surface area contributed by atoms with Crippen LogP contribution in [0.4, 0.5) is 0 Å². The maximum atomic E-state index is 12.3. The monoisotopic (exact) mass is 420 g/mol. The van der Waals surface area contributed by atoms with Gasteiger partial charge in [0.15, 0.2) is 5.76 Å². The lowest BCUT2D eigenvalue weighted by Crippen LogP contribution is -2.36. The highest BCUT2D eigenvalue weighted by Crippen LogP contribution is 2.24. The molecular formula is C18H17ClN4O4S. The molecule has 0 radical (unpaired) electrons.